The minimum atomic E-state index is -3.40. The molecule has 2 heterocycles. The van der Waals surface area contributed by atoms with Crippen LogP contribution in [0.2, 0.25) is 0 Å². The van der Waals surface area contributed by atoms with E-state index in [4.69, 9.17) is 0 Å². The fourth-order valence-corrected chi connectivity index (χ4v) is 3.71. The molecule has 0 saturated carbocycles. The number of benzene rings is 1. The lowest BCUT2D eigenvalue weighted by Gasteiger charge is -2.33. The van der Waals surface area contributed by atoms with Crippen LogP contribution in [0, 0.1) is 0 Å². The number of aryl methyl sites for hydroxylation is 1. The Morgan fingerprint density at radius 2 is 1.86 bits per heavy atom. The maximum atomic E-state index is 12.1. The molecular formula is C13H16N4O3S. The van der Waals surface area contributed by atoms with Crippen LogP contribution in [0.15, 0.2) is 35.1 Å². The van der Waals surface area contributed by atoms with Gasteiger partial charge in [-0.2, -0.15) is 9.40 Å². The minimum absolute atomic E-state index is 0.223. The van der Waals surface area contributed by atoms with Crippen molar-refractivity contribution in [3.63, 3.8) is 0 Å². The molecule has 0 saturated heterocycles. The van der Waals surface area contributed by atoms with Crippen LogP contribution in [0.5, 0.6) is 0 Å². The number of hydrogen-bond acceptors (Lipinski definition) is 4. The summed E-state index contributed by atoms with van der Waals surface area (Å²) in [5.41, 5.74) is 0.577. The second kappa shape index (κ2) is 4.81. The number of nitrogens with zero attached hydrogens (tertiary/aromatic N) is 4. The molecule has 3 rings (SSSR count). The maximum absolute atomic E-state index is 12.1. The standard InChI is InChI=1S/C13H16N4O3S/c1-15-13(18)16-8-9-17(21(2,19)20)11(12(16)14-15)10-6-4-3-5-7-10/h3-7,11H,8-9H2,1-2H3. The summed E-state index contributed by atoms with van der Waals surface area (Å²) in [4.78, 5) is 12.0. The second-order valence-corrected chi connectivity index (χ2v) is 7.04. The molecule has 0 fully saturated rings. The quantitative estimate of drug-likeness (QED) is 0.779. The van der Waals surface area contributed by atoms with Crippen molar-refractivity contribution >= 4 is 10.0 Å². The highest BCUT2D eigenvalue weighted by molar-refractivity contribution is 7.88. The van der Waals surface area contributed by atoms with Crippen LogP contribution in [-0.2, 0) is 23.6 Å². The van der Waals surface area contributed by atoms with Crippen LogP contribution in [0.25, 0.3) is 0 Å². The summed E-state index contributed by atoms with van der Waals surface area (Å²) >= 11 is 0. The van der Waals surface area contributed by atoms with Gasteiger partial charge in [-0.25, -0.2) is 17.9 Å². The third-order valence-corrected chi connectivity index (χ3v) is 4.90. The molecule has 0 bridgehead atoms. The van der Waals surface area contributed by atoms with E-state index in [1.807, 2.05) is 30.3 Å². The zero-order chi connectivity index (χ0) is 15.2. The van der Waals surface area contributed by atoms with Crippen molar-refractivity contribution in [1.29, 1.82) is 0 Å². The van der Waals surface area contributed by atoms with E-state index in [0.717, 1.165) is 5.56 Å². The van der Waals surface area contributed by atoms with Gasteiger partial charge < -0.3 is 0 Å². The van der Waals surface area contributed by atoms with Crippen molar-refractivity contribution in [3.05, 3.63) is 52.2 Å². The molecule has 0 spiro atoms. The zero-order valence-corrected chi connectivity index (χ0v) is 12.6. The second-order valence-electron chi connectivity index (χ2n) is 5.10. The van der Waals surface area contributed by atoms with E-state index in [9.17, 15) is 13.2 Å². The predicted molar refractivity (Wildman–Crippen MR) is 77.3 cm³/mol. The minimum Gasteiger partial charge on any atom is -0.276 e. The van der Waals surface area contributed by atoms with Gasteiger partial charge in [0.15, 0.2) is 5.82 Å². The van der Waals surface area contributed by atoms with Crippen LogP contribution >= 0.6 is 0 Å². The molecule has 2 aromatic rings. The summed E-state index contributed by atoms with van der Waals surface area (Å²) < 4.78 is 28.3. The first-order valence-electron chi connectivity index (χ1n) is 6.55. The first-order chi connectivity index (χ1) is 9.89. The Balaban J connectivity index is 2.23. The van der Waals surface area contributed by atoms with Gasteiger partial charge in [-0.1, -0.05) is 30.3 Å². The third kappa shape index (κ3) is 2.30. The number of sulfonamides is 1. The van der Waals surface area contributed by atoms with Gasteiger partial charge in [0.25, 0.3) is 0 Å². The molecule has 1 unspecified atom stereocenters. The maximum Gasteiger partial charge on any atom is 0.345 e. The summed E-state index contributed by atoms with van der Waals surface area (Å²) in [5.74, 6) is 0.463. The Kier molecular flexibility index (Phi) is 3.22. The molecule has 21 heavy (non-hydrogen) atoms. The van der Waals surface area contributed by atoms with Crippen molar-refractivity contribution in [3.8, 4) is 0 Å². The monoisotopic (exact) mass is 308 g/mol. The number of hydrogen-bond donors (Lipinski definition) is 0. The summed E-state index contributed by atoms with van der Waals surface area (Å²) in [6, 6.07) is 8.67. The molecule has 7 nitrogen and oxygen atoms in total. The molecule has 1 aliphatic heterocycles. The Morgan fingerprint density at radius 3 is 2.48 bits per heavy atom. The highest BCUT2D eigenvalue weighted by Gasteiger charge is 2.37. The van der Waals surface area contributed by atoms with Gasteiger partial charge in [-0.05, 0) is 5.56 Å². The fourth-order valence-electron chi connectivity index (χ4n) is 2.70. The van der Waals surface area contributed by atoms with E-state index in [-0.39, 0.29) is 12.2 Å². The van der Waals surface area contributed by atoms with Gasteiger partial charge >= 0.3 is 5.69 Å². The fraction of sp³-hybridized carbons (Fsp3) is 0.385. The van der Waals surface area contributed by atoms with Crippen molar-refractivity contribution in [2.24, 2.45) is 7.05 Å². The van der Waals surface area contributed by atoms with E-state index in [2.05, 4.69) is 5.10 Å². The van der Waals surface area contributed by atoms with Crippen molar-refractivity contribution in [2.45, 2.75) is 12.6 Å². The molecule has 1 aliphatic rings. The van der Waals surface area contributed by atoms with Crippen LogP contribution in [0.3, 0.4) is 0 Å². The molecule has 0 N–H and O–H groups in total. The van der Waals surface area contributed by atoms with Gasteiger partial charge in [-0.3, -0.25) is 4.57 Å². The molecule has 1 aromatic heterocycles. The lowest BCUT2D eigenvalue weighted by atomic mass is 10.1. The first kappa shape index (κ1) is 14.0. The van der Waals surface area contributed by atoms with Gasteiger partial charge in [-0.15, -0.1) is 0 Å². The Morgan fingerprint density at radius 1 is 1.19 bits per heavy atom. The zero-order valence-electron chi connectivity index (χ0n) is 11.8. The molecule has 0 aliphatic carbocycles. The van der Waals surface area contributed by atoms with Gasteiger partial charge in [0.05, 0.1) is 6.26 Å². The van der Waals surface area contributed by atoms with E-state index < -0.39 is 16.1 Å². The van der Waals surface area contributed by atoms with E-state index in [1.54, 1.807) is 11.6 Å². The molecule has 1 aromatic carbocycles. The van der Waals surface area contributed by atoms with E-state index in [1.165, 1.54) is 15.2 Å². The highest BCUT2D eigenvalue weighted by atomic mass is 32.2. The van der Waals surface area contributed by atoms with E-state index >= 15 is 0 Å². The van der Waals surface area contributed by atoms with Crippen molar-refractivity contribution in [2.75, 3.05) is 12.8 Å². The molecular weight excluding hydrogens is 292 g/mol. The largest absolute Gasteiger partial charge is 0.345 e. The summed E-state index contributed by atoms with van der Waals surface area (Å²) in [5, 5.41) is 4.23. The number of rotatable bonds is 2. The first-order valence-corrected chi connectivity index (χ1v) is 8.40. The smallest absolute Gasteiger partial charge is 0.276 e. The van der Waals surface area contributed by atoms with E-state index in [0.29, 0.717) is 12.4 Å². The van der Waals surface area contributed by atoms with Gasteiger partial charge in [0, 0.05) is 20.1 Å². The molecule has 112 valence electrons. The number of aromatic nitrogens is 3. The Bertz CT molecular complexity index is 823. The average Bonchev–Trinajstić information content (AvgIpc) is 2.73. The van der Waals surface area contributed by atoms with Gasteiger partial charge in [0.1, 0.15) is 6.04 Å². The SMILES string of the molecule is Cn1nc2n(c1=O)CCN(S(C)(=O)=O)C2c1ccccc1. The molecule has 0 radical (unpaired) electrons. The highest BCUT2D eigenvalue weighted by Crippen LogP contribution is 2.31. The molecule has 1 atom stereocenters. The van der Waals surface area contributed by atoms with Crippen LogP contribution < -0.4 is 5.69 Å². The summed E-state index contributed by atoms with van der Waals surface area (Å²) in [6.45, 7) is 0.579. The predicted octanol–water partition coefficient (Wildman–Crippen LogP) is -0.0536. The molecule has 0 amide bonds. The lowest BCUT2D eigenvalue weighted by molar-refractivity contribution is 0.291. The topological polar surface area (TPSA) is 77.2 Å². The average molecular weight is 308 g/mol. The number of fused-ring (bicyclic) bond motifs is 1. The Labute approximate surface area is 122 Å². The molecule has 8 heteroatoms. The lowest BCUT2D eigenvalue weighted by Crippen LogP contribution is -2.44. The van der Waals surface area contributed by atoms with Crippen LogP contribution in [0.1, 0.15) is 17.4 Å². The van der Waals surface area contributed by atoms with Crippen molar-refractivity contribution < 1.29 is 8.42 Å². The van der Waals surface area contributed by atoms with Crippen molar-refractivity contribution in [1.82, 2.24) is 18.7 Å². The van der Waals surface area contributed by atoms with Crippen LogP contribution in [0.4, 0.5) is 0 Å². The van der Waals surface area contributed by atoms with Gasteiger partial charge in [0.2, 0.25) is 10.0 Å². The normalized spacial score (nSPS) is 19.4. The summed E-state index contributed by atoms with van der Waals surface area (Å²) in [7, 11) is -1.83. The third-order valence-electron chi connectivity index (χ3n) is 3.65. The Hall–Kier alpha value is -1.93. The summed E-state index contributed by atoms with van der Waals surface area (Å²) in [6.07, 6.45) is 1.18. The van der Waals surface area contributed by atoms with Crippen LogP contribution in [-0.4, -0.2) is 39.9 Å².